The molecule has 2 aromatic rings. The number of para-hydroxylation sites is 1. The third-order valence-corrected chi connectivity index (χ3v) is 3.44. The number of hydrogen-bond donors (Lipinski definition) is 2. The first-order valence-electron chi connectivity index (χ1n) is 5.96. The van der Waals surface area contributed by atoms with Crippen LogP contribution in [0.25, 0.3) is 0 Å². The maximum Gasteiger partial charge on any atom is 0.266 e. The van der Waals surface area contributed by atoms with E-state index in [1.807, 2.05) is 30.5 Å². The number of benzene rings is 1. The molecule has 0 aliphatic carbocycles. The highest BCUT2D eigenvalue weighted by atomic mass is 32.2. The Labute approximate surface area is 121 Å². The summed E-state index contributed by atoms with van der Waals surface area (Å²) < 4.78 is 5.73. The minimum absolute atomic E-state index is 0.349. The minimum atomic E-state index is -0.363. The lowest BCUT2D eigenvalue weighted by atomic mass is 10.2. The summed E-state index contributed by atoms with van der Waals surface area (Å²) in [6.45, 7) is 0.349. The molecule has 3 N–H and O–H groups in total. The van der Waals surface area contributed by atoms with Crippen molar-refractivity contribution in [2.24, 2.45) is 5.84 Å². The smallest absolute Gasteiger partial charge is 0.266 e. The monoisotopic (exact) mass is 289 g/mol. The average Bonchev–Trinajstić information content (AvgIpc) is 2.53. The van der Waals surface area contributed by atoms with Gasteiger partial charge in [0.2, 0.25) is 0 Å². The van der Waals surface area contributed by atoms with E-state index in [0.717, 1.165) is 16.3 Å². The summed E-state index contributed by atoms with van der Waals surface area (Å²) in [5.74, 6) is 5.52. The number of ether oxygens (including phenoxy) is 1. The summed E-state index contributed by atoms with van der Waals surface area (Å²) in [5, 5.41) is 0. The number of amides is 1. The predicted molar refractivity (Wildman–Crippen MR) is 78.4 cm³/mol. The van der Waals surface area contributed by atoms with Crippen molar-refractivity contribution in [3.05, 3.63) is 53.9 Å². The van der Waals surface area contributed by atoms with Gasteiger partial charge >= 0.3 is 0 Å². The summed E-state index contributed by atoms with van der Waals surface area (Å²) >= 11 is 1.63. The number of carbonyl (C=O) groups excluding carboxylic acids is 1. The third-order valence-electron chi connectivity index (χ3n) is 2.66. The van der Waals surface area contributed by atoms with Crippen molar-refractivity contribution in [1.29, 1.82) is 0 Å². The molecule has 5 nitrogen and oxygen atoms in total. The van der Waals surface area contributed by atoms with E-state index in [4.69, 9.17) is 10.6 Å². The Morgan fingerprint density at radius 1 is 1.35 bits per heavy atom. The van der Waals surface area contributed by atoms with Crippen molar-refractivity contribution in [2.45, 2.75) is 11.5 Å². The van der Waals surface area contributed by atoms with Crippen LogP contribution >= 0.6 is 11.8 Å². The fraction of sp³-hybridized carbons (Fsp3) is 0.143. The normalized spacial score (nSPS) is 10.1. The zero-order chi connectivity index (χ0) is 14.4. The molecule has 6 heteroatoms. The molecule has 0 saturated carbocycles. The molecule has 0 atom stereocenters. The molecule has 1 heterocycles. The quantitative estimate of drug-likeness (QED) is 0.381. The van der Waals surface area contributed by atoms with Gasteiger partial charge in [-0.05, 0) is 30.5 Å². The summed E-state index contributed by atoms with van der Waals surface area (Å²) in [5.41, 5.74) is 3.22. The SMILES string of the molecule is CSc1ccccc1OCc1ccc(C(=O)NN)cn1. The first-order valence-corrected chi connectivity index (χ1v) is 7.18. The van der Waals surface area contributed by atoms with Gasteiger partial charge in [0.25, 0.3) is 5.91 Å². The van der Waals surface area contributed by atoms with Crippen LogP contribution in [0, 0.1) is 0 Å². The lowest BCUT2D eigenvalue weighted by molar-refractivity contribution is 0.0953. The molecule has 0 unspecified atom stereocenters. The number of carbonyl (C=O) groups is 1. The standard InChI is InChI=1S/C14H15N3O2S/c1-20-13-5-3-2-4-12(13)19-9-11-7-6-10(8-16-11)14(18)17-15/h2-8H,9,15H2,1H3,(H,17,18). The molecule has 0 aliphatic rings. The largest absolute Gasteiger partial charge is 0.486 e. The van der Waals surface area contributed by atoms with Crippen LogP contribution in [-0.4, -0.2) is 17.1 Å². The van der Waals surface area contributed by atoms with Crippen LogP contribution in [0.5, 0.6) is 5.75 Å². The van der Waals surface area contributed by atoms with E-state index in [1.54, 1.807) is 23.9 Å². The van der Waals surface area contributed by atoms with E-state index in [0.29, 0.717) is 12.2 Å². The fourth-order valence-corrected chi connectivity index (χ4v) is 2.16. The lowest BCUT2D eigenvalue weighted by Gasteiger charge is -2.09. The lowest BCUT2D eigenvalue weighted by Crippen LogP contribution is -2.30. The van der Waals surface area contributed by atoms with E-state index in [1.165, 1.54) is 6.20 Å². The van der Waals surface area contributed by atoms with Crippen LogP contribution in [-0.2, 0) is 6.61 Å². The number of nitrogens with two attached hydrogens (primary N) is 1. The van der Waals surface area contributed by atoms with Gasteiger partial charge in [0.1, 0.15) is 12.4 Å². The Hall–Kier alpha value is -2.05. The number of hydrogen-bond acceptors (Lipinski definition) is 5. The van der Waals surface area contributed by atoms with E-state index in [9.17, 15) is 4.79 Å². The molecular formula is C14H15N3O2S. The Kier molecular flexibility index (Phi) is 4.97. The highest BCUT2D eigenvalue weighted by molar-refractivity contribution is 7.98. The van der Waals surface area contributed by atoms with Crippen LogP contribution < -0.4 is 16.0 Å². The van der Waals surface area contributed by atoms with Crippen molar-refractivity contribution in [1.82, 2.24) is 10.4 Å². The van der Waals surface area contributed by atoms with Crippen LogP contribution in [0.3, 0.4) is 0 Å². The molecule has 104 valence electrons. The average molecular weight is 289 g/mol. The highest BCUT2D eigenvalue weighted by Crippen LogP contribution is 2.27. The first kappa shape index (κ1) is 14.4. The molecule has 0 saturated heterocycles. The zero-order valence-corrected chi connectivity index (χ0v) is 11.8. The summed E-state index contributed by atoms with van der Waals surface area (Å²) in [6.07, 6.45) is 3.47. The number of nitrogen functional groups attached to an aromatic ring is 1. The molecule has 0 spiro atoms. The Balaban J connectivity index is 2.02. The molecule has 1 aromatic carbocycles. The molecule has 0 bridgehead atoms. The van der Waals surface area contributed by atoms with E-state index in [2.05, 4.69) is 10.4 Å². The van der Waals surface area contributed by atoms with Gasteiger partial charge in [-0.2, -0.15) is 0 Å². The molecular weight excluding hydrogens is 274 g/mol. The van der Waals surface area contributed by atoms with Crippen molar-refractivity contribution < 1.29 is 9.53 Å². The Morgan fingerprint density at radius 2 is 2.15 bits per heavy atom. The number of pyridine rings is 1. The topological polar surface area (TPSA) is 77.2 Å². The van der Waals surface area contributed by atoms with Gasteiger partial charge in [-0.1, -0.05) is 12.1 Å². The van der Waals surface area contributed by atoms with Gasteiger partial charge in [-0.3, -0.25) is 15.2 Å². The van der Waals surface area contributed by atoms with E-state index < -0.39 is 0 Å². The van der Waals surface area contributed by atoms with E-state index >= 15 is 0 Å². The summed E-state index contributed by atoms with van der Waals surface area (Å²) in [7, 11) is 0. The van der Waals surface area contributed by atoms with Crippen LogP contribution in [0.4, 0.5) is 0 Å². The molecule has 20 heavy (non-hydrogen) atoms. The number of thioether (sulfide) groups is 1. The van der Waals surface area contributed by atoms with Crippen molar-refractivity contribution in [3.8, 4) is 5.75 Å². The van der Waals surface area contributed by atoms with Crippen molar-refractivity contribution >= 4 is 17.7 Å². The number of aromatic nitrogens is 1. The van der Waals surface area contributed by atoms with Gasteiger partial charge in [0.05, 0.1) is 11.3 Å². The second-order valence-corrected chi connectivity index (χ2v) is 4.80. The predicted octanol–water partition coefficient (Wildman–Crippen LogP) is 1.99. The summed E-state index contributed by atoms with van der Waals surface area (Å²) in [6, 6.07) is 11.2. The van der Waals surface area contributed by atoms with Crippen LogP contribution in [0.15, 0.2) is 47.5 Å². The minimum Gasteiger partial charge on any atom is -0.486 e. The second-order valence-electron chi connectivity index (χ2n) is 3.95. The van der Waals surface area contributed by atoms with Gasteiger partial charge in [0, 0.05) is 11.1 Å². The zero-order valence-electron chi connectivity index (χ0n) is 11.0. The molecule has 0 fully saturated rings. The number of hydrazine groups is 1. The number of nitrogens with zero attached hydrogens (tertiary/aromatic N) is 1. The highest BCUT2D eigenvalue weighted by Gasteiger charge is 2.05. The maximum atomic E-state index is 11.3. The first-order chi connectivity index (χ1) is 9.74. The molecule has 2 rings (SSSR count). The molecule has 0 radical (unpaired) electrons. The Morgan fingerprint density at radius 3 is 2.80 bits per heavy atom. The maximum absolute atomic E-state index is 11.3. The molecule has 0 aliphatic heterocycles. The fourth-order valence-electron chi connectivity index (χ4n) is 1.62. The third kappa shape index (κ3) is 3.49. The Bertz CT molecular complexity index is 587. The van der Waals surface area contributed by atoms with Gasteiger partial charge in [0.15, 0.2) is 0 Å². The van der Waals surface area contributed by atoms with Crippen molar-refractivity contribution in [2.75, 3.05) is 6.26 Å². The van der Waals surface area contributed by atoms with Gasteiger partial charge in [-0.15, -0.1) is 11.8 Å². The van der Waals surface area contributed by atoms with Crippen LogP contribution in [0.1, 0.15) is 16.1 Å². The van der Waals surface area contributed by atoms with Crippen LogP contribution in [0.2, 0.25) is 0 Å². The van der Waals surface area contributed by atoms with Crippen molar-refractivity contribution in [3.63, 3.8) is 0 Å². The summed E-state index contributed by atoms with van der Waals surface area (Å²) in [4.78, 5) is 16.5. The van der Waals surface area contributed by atoms with Gasteiger partial charge < -0.3 is 4.74 Å². The van der Waals surface area contributed by atoms with Gasteiger partial charge in [-0.25, -0.2) is 5.84 Å². The number of nitrogens with one attached hydrogen (secondary N) is 1. The second kappa shape index (κ2) is 6.93. The molecule has 1 aromatic heterocycles. The number of rotatable bonds is 5. The van der Waals surface area contributed by atoms with E-state index in [-0.39, 0.29) is 5.91 Å². The molecule has 1 amide bonds.